The van der Waals surface area contributed by atoms with Gasteiger partial charge in [0.2, 0.25) is 11.9 Å². The van der Waals surface area contributed by atoms with Crippen molar-refractivity contribution in [2.75, 3.05) is 30.5 Å². The third kappa shape index (κ3) is 4.25. The number of hydrogen-bond acceptors (Lipinski definition) is 9. The number of hydrogen-bond donors (Lipinski definition) is 2. The third-order valence-corrected chi connectivity index (χ3v) is 5.02. The summed E-state index contributed by atoms with van der Waals surface area (Å²) >= 11 is 0. The Labute approximate surface area is 179 Å². The highest BCUT2D eigenvalue weighted by Gasteiger charge is 2.17. The summed E-state index contributed by atoms with van der Waals surface area (Å²) in [6.45, 7) is 2.06. The summed E-state index contributed by atoms with van der Waals surface area (Å²) in [6.07, 6.45) is 1.61. The van der Waals surface area contributed by atoms with Crippen LogP contribution in [0.15, 0.2) is 54.7 Å². The van der Waals surface area contributed by atoms with Gasteiger partial charge in [0.05, 0.1) is 18.5 Å². The Hall–Kier alpha value is -4.14. The molecule has 0 amide bonds. The number of benzene rings is 2. The molecule has 1 atom stereocenters. The molecule has 31 heavy (non-hydrogen) atoms. The largest absolute Gasteiger partial charge is 0.497 e. The van der Waals surface area contributed by atoms with E-state index < -0.39 is 0 Å². The molecule has 0 saturated heterocycles. The van der Waals surface area contributed by atoms with E-state index in [0.29, 0.717) is 22.7 Å². The fourth-order valence-corrected chi connectivity index (χ4v) is 3.13. The Morgan fingerprint density at radius 2 is 1.68 bits per heavy atom. The maximum Gasteiger partial charge on any atom is 0.227 e. The van der Waals surface area contributed by atoms with Crippen LogP contribution >= 0.6 is 0 Å². The molecule has 4 aromatic rings. The molecule has 2 aromatic heterocycles. The van der Waals surface area contributed by atoms with Crippen molar-refractivity contribution in [2.45, 2.75) is 13.0 Å². The van der Waals surface area contributed by atoms with E-state index in [1.54, 1.807) is 13.3 Å². The van der Waals surface area contributed by atoms with E-state index in [-0.39, 0.29) is 17.8 Å². The quantitative estimate of drug-likeness (QED) is 0.484. The van der Waals surface area contributed by atoms with Gasteiger partial charge in [0, 0.05) is 19.3 Å². The van der Waals surface area contributed by atoms with Crippen LogP contribution in [0, 0.1) is 0 Å². The molecule has 9 heteroatoms. The zero-order valence-electron chi connectivity index (χ0n) is 17.5. The van der Waals surface area contributed by atoms with Crippen molar-refractivity contribution < 1.29 is 9.47 Å². The van der Waals surface area contributed by atoms with E-state index in [1.807, 2.05) is 60.5 Å². The Morgan fingerprint density at radius 1 is 0.935 bits per heavy atom. The Bertz CT molecular complexity index is 1210. The molecule has 9 nitrogen and oxygen atoms in total. The molecule has 0 aliphatic rings. The molecule has 0 spiro atoms. The molecule has 0 fully saturated rings. The zero-order valence-corrected chi connectivity index (χ0v) is 17.5. The minimum Gasteiger partial charge on any atom is -0.497 e. The number of fused-ring (bicyclic) bond motifs is 1. The normalized spacial score (nSPS) is 11.8. The molecule has 4 N–H and O–H groups in total. The van der Waals surface area contributed by atoms with Crippen molar-refractivity contribution in [3.05, 3.63) is 60.3 Å². The number of rotatable bonds is 6. The highest BCUT2D eigenvalue weighted by molar-refractivity contribution is 5.85. The number of nitrogens with zero attached hydrogens (tertiary/aromatic N) is 5. The van der Waals surface area contributed by atoms with Gasteiger partial charge in [0.1, 0.15) is 23.1 Å². The molecule has 0 saturated carbocycles. The van der Waals surface area contributed by atoms with Gasteiger partial charge < -0.3 is 25.8 Å². The number of aromatic nitrogens is 4. The van der Waals surface area contributed by atoms with Gasteiger partial charge in [-0.2, -0.15) is 15.0 Å². The first kappa shape index (κ1) is 20.1. The molecular formula is C22H23N7O2. The van der Waals surface area contributed by atoms with Crippen LogP contribution in [-0.2, 0) is 0 Å². The number of methoxy groups -OCH3 is 1. The molecule has 0 aliphatic carbocycles. The highest BCUT2D eigenvalue weighted by atomic mass is 16.5. The molecule has 2 heterocycles. The van der Waals surface area contributed by atoms with Crippen LogP contribution in [0.1, 0.15) is 18.5 Å². The fraction of sp³-hybridized carbons (Fsp3) is 0.182. The minimum atomic E-state index is -0.000138. The standard InChI is InChI=1S/C22H23N7O2/c1-13(29(2)22-25-12-18-19(23)26-21(24)27-20(18)28-22)14-7-9-15(10-8-14)31-17-6-4-5-16(11-17)30-3/h4-13H,1-3H3,(H4,23,24,25,26,27,28). The second-order valence-corrected chi connectivity index (χ2v) is 7.01. The molecule has 4 rings (SSSR count). The summed E-state index contributed by atoms with van der Waals surface area (Å²) < 4.78 is 11.1. The van der Waals surface area contributed by atoms with Crippen LogP contribution in [0.4, 0.5) is 17.7 Å². The molecule has 0 aliphatic heterocycles. The lowest BCUT2D eigenvalue weighted by Crippen LogP contribution is -2.23. The second-order valence-electron chi connectivity index (χ2n) is 7.01. The number of nitrogen functional groups attached to an aromatic ring is 2. The summed E-state index contributed by atoms with van der Waals surface area (Å²) in [6, 6.07) is 15.3. The van der Waals surface area contributed by atoms with Crippen LogP contribution < -0.4 is 25.8 Å². The molecule has 158 valence electrons. The van der Waals surface area contributed by atoms with Crippen molar-refractivity contribution in [3.8, 4) is 17.2 Å². The Balaban J connectivity index is 1.52. The number of nitrogens with two attached hydrogens (primary N) is 2. The van der Waals surface area contributed by atoms with Gasteiger partial charge in [-0.05, 0) is 36.8 Å². The van der Waals surface area contributed by atoms with Gasteiger partial charge in [-0.15, -0.1) is 0 Å². The van der Waals surface area contributed by atoms with Gasteiger partial charge in [0.25, 0.3) is 0 Å². The van der Waals surface area contributed by atoms with Gasteiger partial charge in [-0.3, -0.25) is 0 Å². The van der Waals surface area contributed by atoms with Gasteiger partial charge in [-0.1, -0.05) is 18.2 Å². The zero-order chi connectivity index (χ0) is 22.0. The van der Waals surface area contributed by atoms with E-state index in [9.17, 15) is 0 Å². The van der Waals surface area contributed by atoms with Crippen molar-refractivity contribution in [3.63, 3.8) is 0 Å². The average Bonchev–Trinajstić information content (AvgIpc) is 2.78. The minimum absolute atomic E-state index is 0.000138. The van der Waals surface area contributed by atoms with Crippen LogP contribution in [0.5, 0.6) is 17.2 Å². The first-order valence-corrected chi connectivity index (χ1v) is 9.65. The lowest BCUT2D eigenvalue weighted by Gasteiger charge is -2.25. The van der Waals surface area contributed by atoms with Crippen molar-refractivity contribution in [2.24, 2.45) is 0 Å². The molecule has 1 unspecified atom stereocenters. The second kappa shape index (κ2) is 8.31. The van der Waals surface area contributed by atoms with Crippen molar-refractivity contribution in [1.29, 1.82) is 0 Å². The Morgan fingerprint density at radius 3 is 2.42 bits per heavy atom. The number of ether oxygens (including phenoxy) is 2. The van der Waals surface area contributed by atoms with E-state index in [4.69, 9.17) is 20.9 Å². The topological polar surface area (TPSA) is 125 Å². The molecule has 0 radical (unpaired) electrons. The lowest BCUT2D eigenvalue weighted by atomic mass is 10.1. The highest BCUT2D eigenvalue weighted by Crippen LogP contribution is 2.29. The maximum absolute atomic E-state index is 5.92. The summed E-state index contributed by atoms with van der Waals surface area (Å²) in [5.41, 5.74) is 13.1. The monoisotopic (exact) mass is 417 g/mol. The summed E-state index contributed by atoms with van der Waals surface area (Å²) in [4.78, 5) is 19.0. The molecular weight excluding hydrogens is 394 g/mol. The fourth-order valence-electron chi connectivity index (χ4n) is 3.13. The third-order valence-electron chi connectivity index (χ3n) is 5.02. The van der Waals surface area contributed by atoms with Crippen molar-refractivity contribution >= 4 is 28.7 Å². The first-order valence-electron chi connectivity index (χ1n) is 9.65. The van der Waals surface area contributed by atoms with Gasteiger partial charge in [-0.25, -0.2) is 4.98 Å². The van der Waals surface area contributed by atoms with Gasteiger partial charge in [0.15, 0.2) is 5.65 Å². The van der Waals surface area contributed by atoms with E-state index in [1.165, 1.54) is 0 Å². The average molecular weight is 417 g/mol. The number of anilines is 3. The molecule has 0 bridgehead atoms. The van der Waals surface area contributed by atoms with Crippen molar-refractivity contribution in [1.82, 2.24) is 19.9 Å². The van der Waals surface area contributed by atoms with E-state index >= 15 is 0 Å². The lowest BCUT2D eigenvalue weighted by molar-refractivity contribution is 0.409. The smallest absolute Gasteiger partial charge is 0.227 e. The first-order chi connectivity index (χ1) is 14.9. The summed E-state index contributed by atoms with van der Waals surface area (Å²) in [5.74, 6) is 3.04. The van der Waals surface area contributed by atoms with E-state index in [0.717, 1.165) is 17.1 Å². The van der Waals surface area contributed by atoms with E-state index in [2.05, 4.69) is 26.9 Å². The maximum atomic E-state index is 5.92. The summed E-state index contributed by atoms with van der Waals surface area (Å²) in [5, 5.41) is 0.568. The van der Waals surface area contributed by atoms with Crippen LogP contribution in [0.3, 0.4) is 0 Å². The predicted octanol–water partition coefficient (Wildman–Crippen LogP) is 3.58. The van der Waals surface area contributed by atoms with Crippen LogP contribution in [0.2, 0.25) is 0 Å². The molecule has 2 aromatic carbocycles. The van der Waals surface area contributed by atoms with Crippen LogP contribution in [-0.4, -0.2) is 34.1 Å². The van der Waals surface area contributed by atoms with Crippen LogP contribution in [0.25, 0.3) is 11.0 Å². The predicted molar refractivity (Wildman–Crippen MR) is 120 cm³/mol. The Kier molecular flexibility index (Phi) is 5.40. The van der Waals surface area contributed by atoms with Gasteiger partial charge >= 0.3 is 0 Å². The SMILES string of the molecule is COc1cccc(Oc2ccc(C(C)N(C)c3ncc4c(N)nc(N)nc4n3)cc2)c1. The summed E-state index contributed by atoms with van der Waals surface area (Å²) in [7, 11) is 3.54.